The van der Waals surface area contributed by atoms with Gasteiger partial charge in [0.05, 0.1) is 5.56 Å². The van der Waals surface area contributed by atoms with E-state index in [1.54, 1.807) is 0 Å². The average molecular weight is 287 g/mol. The number of benzene rings is 1. The van der Waals surface area contributed by atoms with E-state index in [0.29, 0.717) is 4.47 Å². The Bertz CT molecular complexity index is 375. The summed E-state index contributed by atoms with van der Waals surface area (Å²) in [5.74, 6) is 0. The fourth-order valence-electron chi connectivity index (χ4n) is 0.926. The van der Waals surface area contributed by atoms with Crippen molar-refractivity contribution in [2.24, 2.45) is 0 Å². The van der Waals surface area contributed by atoms with E-state index < -0.39 is 22.5 Å². The fraction of sp³-hybridized carbons (Fsp3) is 0.125. The van der Waals surface area contributed by atoms with Crippen LogP contribution in [0.3, 0.4) is 0 Å². The van der Waals surface area contributed by atoms with E-state index in [2.05, 4.69) is 15.9 Å². The molecule has 14 heavy (non-hydrogen) atoms. The van der Waals surface area contributed by atoms with Crippen LogP contribution in [0.4, 0.5) is 13.2 Å². The first-order valence-corrected chi connectivity index (χ1v) is 4.56. The summed E-state index contributed by atoms with van der Waals surface area (Å²) in [6.45, 7) is 0. The van der Waals surface area contributed by atoms with Crippen LogP contribution in [0.5, 0.6) is 0 Å². The highest BCUT2D eigenvalue weighted by atomic mass is 79.9. The Morgan fingerprint density at radius 3 is 2.36 bits per heavy atom. The molecule has 0 N–H and O–H groups in total. The number of hydrogen-bond donors (Lipinski definition) is 0. The molecule has 0 atom stereocenters. The predicted molar refractivity (Wildman–Crippen MR) is 49.3 cm³/mol. The molecule has 0 saturated heterocycles. The van der Waals surface area contributed by atoms with Gasteiger partial charge in [0.1, 0.15) is 0 Å². The molecule has 1 nitrogen and oxygen atoms in total. The molecular weight excluding hydrogens is 284 g/mol. The van der Waals surface area contributed by atoms with Crippen molar-refractivity contribution in [1.82, 2.24) is 0 Å². The number of hydrogen-bond acceptors (Lipinski definition) is 1. The summed E-state index contributed by atoms with van der Waals surface area (Å²) in [5, 5.41) is -1.13. The van der Waals surface area contributed by atoms with Gasteiger partial charge in [-0.1, -0.05) is 15.9 Å². The van der Waals surface area contributed by atoms with E-state index in [1.807, 2.05) is 0 Å². The largest absolute Gasteiger partial charge is 0.417 e. The Labute approximate surface area is 91.0 Å². The summed E-state index contributed by atoms with van der Waals surface area (Å²) in [7, 11) is 0. The molecule has 0 saturated carbocycles. The molecule has 76 valence electrons. The smallest absolute Gasteiger partial charge is 0.276 e. The van der Waals surface area contributed by atoms with Gasteiger partial charge in [-0.2, -0.15) is 13.2 Å². The third-order valence-electron chi connectivity index (χ3n) is 1.50. The molecule has 6 heteroatoms. The second kappa shape index (κ2) is 3.90. The highest BCUT2D eigenvalue weighted by molar-refractivity contribution is 9.10. The quantitative estimate of drug-likeness (QED) is 0.717. The molecule has 0 spiro atoms. The summed E-state index contributed by atoms with van der Waals surface area (Å²) in [5.41, 5.74) is -1.57. The van der Waals surface area contributed by atoms with Gasteiger partial charge >= 0.3 is 6.18 Å². The first-order chi connectivity index (χ1) is 6.32. The molecule has 0 amide bonds. The lowest BCUT2D eigenvalue weighted by Gasteiger charge is -2.09. The Morgan fingerprint density at radius 1 is 1.36 bits per heavy atom. The van der Waals surface area contributed by atoms with Crippen molar-refractivity contribution in [1.29, 1.82) is 0 Å². The topological polar surface area (TPSA) is 17.1 Å². The van der Waals surface area contributed by atoms with Crippen LogP contribution in [-0.4, -0.2) is 5.24 Å². The average Bonchev–Trinajstić information content (AvgIpc) is 2.01. The van der Waals surface area contributed by atoms with Crippen LogP contribution in [-0.2, 0) is 6.18 Å². The second-order valence-corrected chi connectivity index (χ2v) is 3.72. The maximum atomic E-state index is 12.3. The molecule has 0 aromatic heterocycles. The molecule has 1 rings (SSSR count). The van der Waals surface area contributed by atoms with E-state index in [0.717, 1.165) is 12.1 Å². The van der Waals surface area contributed by atoms with Gasteiger partial charge in [0.25, 0.3) is 5.24 Å². The Morgan fingerprint density at radius 2 is 1.93 bits per heavy atom. The number of carbonyl (C=O) groups excluding carboxylic acids is 1. The Kier molecular flexibility index (Phi) is 3.21. The van der Waals surface area contributed by atoms with Crippen molar-refractivity contribution < 1.29 is 18.0 Å². The number of carbonyl (C=O) groups is 1. The zero-order valence-electron chi connectivity index (χ0n) is 6.53. The van der Waals surface area contributed by atoms with E-state index >= 15 is 0 Å². The molecular formula is C8H3BrClF3O. The standard InChI is InChI=1S/C8H3BrClF3O/c9-4-1-2-6(8(11,12)13)5(3-4)7(10)14/h1-3H. The lowest BCUT2D eigenvalue weighted by molar-refractivity contribution is -0.137. The monoisotopic (exact) mass is 286 g/mol. The molecule has 1 aromatic carbocycles. The van der Waals surface area contributed by atoms with Gasteiger partial charge < -0.3 is 0 Å². The highest BCUT2D eigenvalue weighted by Crippen LogP contribution is 2.33. The SMILES string of the molecule is O=C(Cl)c1cc(Br)ccc1C(F)(F)F. The number of rotatable bonds is 1. The summed E-state index contributed by atoms with van der Waals surface area (Å²) in [4.78, 5) is 10.7. The van der Waals surface area contributed by atoms with Gasteiger partial charge in [-0.25, -0.2) is 0 Å². The third kappa shape index (κ3) is 2.48. The van der Waals surface area contributed by atoms with Crippen LogP contribution in [0.15, 0.2) is 22.7 Å². The van der Waals surface area contributed by atoms with Crippen LogP contribution in [0.25, 0.3) is 0 Å². The van der Waals surface area contributed by atoms with Gasteiger partial charge in [0.15, 0.2) is 0 Å². The predicted octanol–water partition coefficient (Wildman–Crippen LogP) is 3.85. The van der Waals surface area contributed by atoms with Gasteiger partial charge in [0, 0.05) is 10.0 Å². The van der Waals surface area contributed by atoms with Crippen LogP contribution in [0.2, 0.25) is 0 Å². The minimum Gasteiger partial charge on any atom is -0.276 e. The molecule has 0 aliphatic rings. The van der Waals surface area contributed by atoms with Gasteiger partial charge in [-0.05, 0) is 29.8 Å². The van der Waals surface area contributed by atoms with Gasteiger partial charge in [0.2, 0.25) is 0 Å². The number of halogens is 5. The summed E-state index contributed by atoms with van der Waals surface area (Å²) < 4.78 is 37.3. The van der Waals surface area contributed by atoms with Crippen LogP contribution >= 0.6 is 27.5 Å². The fourth-order valence-corrected chi connectivity index (χ4v) is 1.44. The maximum absolute atomic E-state index is 12.3. The van der Waals surface area contributed by atoms with Crippen LogP contribution in [0.1, 0.15) is 15.9 Å². The van der Waals surface area contributed by atoms with Crippen LogP contribution in [0, 0.1) is 0 Å². The lowest BCUT2D eigenvalue weighted by atomic mass is 10.1. The third-order valence-corrected chi connectivity index (χ3v) is 2.20. The van der Waals surface area contributed by atoms with E-state index in [9.17, 15) is 18.0 Å². The summed E-state index contributed by atoms with van der Waals surface area (Å²) in [6, 6.07) is 3.05. The van der Waals surface area contributed by atoms with E-state index in [1.165, 1.54) is 6.07 Å². The number of alkyl halides is 3. The minimum absolute atomic E-state index is 0.370. The molecule has 0 bridgehead atoms. The normalized spacial score (nSPS) is 11.5. The highest BCUT2D eigenvalue weighted by Gasteiger charge is 2.34. The molecule has 0 radical (unpaired) electrons. The molecule has 0 aliphatic carbocycles. The van der Waals surface area contributed by atoms with E-state index in [-0.39, 0.29) is 0 Å². The van der Waals surface area contributed by atoms with Crippen molar-refractivity contribution in [3.63, 3.8) is 0 Å². The van der Waals surface area contributed by atoms with Gasteiger partial charge in [-0.3, -0.25) is 4.79 Å². The zero-order chi connectivity index (χ0) is 10.9. The molecule has 0 heterocycles. The van der Waals surface area contributed by atoms with Crippen molar-refractivity contribution in [3.8, 4) is 0 Å². The maximum Gasteiger partial charge on any atom is 0.417 e. The zero-order valence-corrected chi connectivity index (χ0v) is 8.87. The molecule has 0 fully saturated rings. The Balaban J connectivity index is 3.37. The summed E-state index contributed by atoms with van der Waals surface area (Å²) in [6.07, 6.45) is -4.57. The van der Waals surface area contributed by atoms with Crippen molar-refractivity contribution in [2.45, 2.75) is 6.18 Å². The minimum atomic E-state index is -4.57. The van der Waals surface area contributed by atoms with Crippen LogP contribution < -0.4 is 0 Å². The second-order valence-electron chi connectivity index (χ2n) is 2.46. The van der Waals surface area contributed by atoms with Gasteiger partial charge in [-0.15, -0.1) is 0 Å². The molecule has 1 aromatic rings. The molecule has 0 unspecified atom stereocenters. The van der Waals surface area contributed by atoms with E-state index in [4.69, 9.17) is 11.6 Å². The first-order valence-electron chi connectivity index (χ1n) is 3.39. The lowest BCUT2D eigenvalue weighted by Crippen LogP contribution is -2.10. The first kappa shape index (κ1) is 11.5. The summed E-state index contributed by atoms with van der Waals surface area (Å²) >= 11 is 7.98. The van der Waals surface area contributed by atoms with Crippen molar-refractivity contribution in [2.75, 3.05) is 0 Å². The van der Waals surface area contributed by atoms with Crippen molar-refractivity contribution >= 4 is 32.8 Å². The van der Waals surface area contributed by atoms with Crippen molar-refractivity contribution in [3.05, 3.63) is 33.8 Å². The molecule has 0 aliphatic heterocycles. The Hall–Kier alpha value is -0.550.